The van der Waals surface area contributed by atoms with Crippen LogP contribution in [0.15, 0.2) is 0 Å². The molecule has 1 aromatic rings. The van der Waals surface area contributed by atoms with Gasteiger partial charge in [0.2, 0.25) is 11.2 Å². The molecule has 0 aromatic carbocycles. The van der Waals surface area contributed by atoms with E-state index in [0.29, 0.717) is 19.2 Å². The van der Waals surface area contributed by atoms with E-state index in [9.17, 15) is 0 Å². The van der Waals surface area contributed by atoms with Crippen LogP contribution in [-0.4, -0.2) is 47.4 Å². The minimum absolute atomic E-state index is 0.0259. The summed E-state index contributed by atoms with van der Waals surface area (Å²) < 4.78 is 10.5. The number of hydrogen-bond donors (Lipinski definition) is 0. The second kappa shape index (κ2) is 5.46. The molecule has 0 bridgehead atoms. The molecule has 0 aliphatic carbocycles. The van der Waals surface area contributed by atoms with E-state index < -0.39 is 0 Å². The van der Waals surface area contributed by atoms with Crippen LogP contribution in [0, 0.1) is 0 Å². The Balaban J connectivity index is 2.15. The van der Waals surface area contributed by atoms with Gasteiger partial charge in [0.15, 0.2) is 0 Å². The first kappa shape index (κ1) is 12.3. The minimum Gasteiger partial charge on any atom is -0.455 e. The van der Waals surface area contributed by atoms with Crippen LogP contribution in [-0.2, 0) is 4.74 Å². The number of anilines is 1. The summed E-state index contributed by atoms with van der Waals surface area (Å²) in [5.74, 6) is 0.547. The zero-order chi connectivity index (χ0) is 12.3. The molecule has 0 atom stereocenters. The molecule has 1 saturated heterocycles. The average Bonchev–Trinajstić information content (AvgIpc) is 2.25. The van der Waals surface area contributed by atoms with E-state index in [4.69, 9.17) is 21.1 Å². The van der Waals surface area contributed by atoms with Crippen LogP contribution in [0.4, 0.5) is 5.95 Å². The lowest BCUT2D eigenvalue weighted by molar-refractivity contribution is -0.0831. The maximum Gasteiger partial charge on any atom is 0.323 e. The minimum atomic E-state index is 0.0259. The van der Waals surface area contributed by atoms with Crippen LogP contribution in [0.5, 0.6) is 6.01 Å². The summed E-state index contributed by atoms with van der Waals surface area (Å²) in [6, 6.07) is 0.264. The average molecular weight is 259 g/mol. The largest absolute Gasteiger partial charge is 0.455 e. The fourth-order valence-electron chi connectivity index (χ4n) is 1.45. The fourth-order valence-corrected chi connectivity index (χ4v) is 1.60. The molecule has 1 aliphatic heterocycles. The van der Waals surface area contributed by atoms with E-state index in [2.05, 4.69) is 15.0 Å². The van der Waals surface area contributed by atoms with Crippen LogP contribution < -0.4 is 9.64 Å². The van der Waals surface area contributed by atoms with Crippen molar-refractivity contribution in [3.05, 3.63) is 5.28 Å². The van der Waals surface area contributed by atoms with Crippen LogP contribution in [0.3, 0.4) is 0 Å². The van der Waals surface area contributed by atoms with Gasteiger partial charge in [0.05, 0.1) is 13.2 Å². The normalized spacial score (nSPS) is 15.5. The van der Waals surface area contributed by atoms with E-state index in [1.54, 1.807) is 0 Å². The van der Waals surface area contributed by atoms with Crippen LogP contribution >= 0.6 is 11.6 Å². The van der Waals surface area contributed by atoms with Gasteiger partial charge in [-0.3, -0.25) is 0 Å². The Morgan fingerprint density at radius 2 is 2.00 bits per heavy atom. The van der Waals surface area contributed by atoms with Crippen molar-refractivity contribution >= 4 is 17.5 Å². The zero-order valence-electron chi connectivity index (χ0n) is 9.89. The summed E-state index contributed by atoms with van der Waals surface area (Å²) in [4.78, 5) is 14.3. The number of rotatable bonds is 5. The van der Waals surface area contributed by atoms with Gasteiger partial charge >= 0.3 is 6.01 Å². The van der Waals surface area contributed by atoms with Gasteiger partial charge < -0.3 is 14.4 Å². The number of ether oxygens (including phenoxy) is 2. The summed E-state index contributed by atoms with van der Waals surface area (Å²) >= 11 is 5.85. The highest BCUT2D eigenvalue weighted by Gasteiger charge is 2.22. The van der Waals surface area contributed by atoms with Gasteiger partial charge in [-0.1, -0.05) is 0 Å². The van der Waals surface area contributed by atoms with Gasteiger partial charge in [-0.15, -0.1) is 0 Å². The molecular formula is C10H15ClN4O2. The van der Waals surface area contributed by atoms with Gasteiger partial charge in [-0.2, -0.15) is 15.0 Å². The maximum absolute atomic E-state index is 5.85. The van der Waals surface area contributed by atoms with Crippen molar-refractivity contribution in [2.24, 2.45) is 0 Å². The molecule has 0 spiro atoms. The summed E-state index contributed by atoms with van der Waals surface area (Å²) in [7, 11) is 0. The molecule has 0 N–H and O–H groups in total. The number of hydrogen-bond acceptors (Lipinski definition) is 6. The van der Waals surface area contributed by atoms with E-state index in [1.807, 2.05) is 18.7 Å². The Bertz CT molecular complexity index is 383. The van der Waals surface area contributed by atoms with Crippen LogP contribution in [0.25, 0.3) is 0 Å². The Morgan fingerprint density at radius 3 is 2.53 bits per heavy atom. The maximum atomic E-state index is 5.85. The monoisotopic (exact) mass is 258 g/mol. The fraction of sp³-hybridized carbons (Fsp3) is 0.700. The molecule has 17 heavy (non-hydrogen) atoms. The molecule has 2 heterocycles. The van der Waals surface area contributed by atoms with Gasteiger partial charge in [-0.25, -0.2) is 0 Å². The van der Waals surface area contributed by atoms with E-state index in [-0.39, 0.29) is 17.4 Å². The summed E-state index contributed by atoms with van der Waals surface area (Å²) in [5.41, 5.74) is 0. The van der Waals surface area contributed by atoms with Crippen molar-refractivity contribution in [3.63, 3.8) is 0 Å². The standard InChI is InChI=1S/C10H15ClN4O2/c1-3-15(4-2)9-12-8(11)13-10(14-9)17-7-5-16-6-7/h7H,3-6H2,1-2H3. The second-order valence-electron chi connectivity index (χ2n) is 3.64. The summed E-state index contributed by atoms with van der Waals surface area (Å²) in [6.45, 7) is 6.82. The quantitative estimate of drug-likeness (QED) is 0.790. The Labute approximate surface area is 105 Å². The van der Waals surface area contributed by atoms with Crippen molar-refractivity contribution < 1.29 is 9.47 Å². The molecule has 0 amide bonds. The number of nitrogens with zero attached hydrogens (tertiary/aromatic N) is 4. The smallest absolute Gasteiger partial charge is 0.323 e. The number of halogens is 1. The first-order valence-corrected chi connectivity index (χ1v) is 6.01. The highest BCUT2D eigenvalue weighted by atomic mass is 35.5. The summed E-state index contributed by atoms with van der Waals surface area (Å²) in [5, 5.41) is 0.150. The van der Waals surface area contributed by atoms with Gasteiger partial charge in [-0.05, 0) is 25.4 Å². The molecule has 1 aliphatic rings. The molecule has 0 unspecified atom stereocenters. The molecule has 7 heteroatoms. The second-order valence-corrected chi connectivity index (χ2v) is 3.97. The Hall–Kier alpha value is -1.14. The Morgan fingerprint density at radius 1 is 1.29 bits per heavy atom. The van der Waals surface area contributed by atoms with Crippen molar-refractivity contribution in [2.45, 2.75) is 20.0 Å². The van der Waals surface area contributed by atoms with Gasteiger partial charge in [0, 0.05) is 13.1 Å². The van der Waals surface area contributed by atoms with Crippen molar-refractivity contribution in [1.29, 1.82) is 0 Å². The molecular weight excluding hydrogens is 244 g/mol. The van der Waals surface area contributed by atoms with Gasteiger partial charge in [0.25, 0.3) is 0 Å². The van der Waals surface area contributed by atoms with Crippen molar-refractivity contribution in [1.82, 2.24) is 15.0 Å². The molecule has 94 valence electrons. The molecule has 2 rings (SSSR count). The topological polar surface area (TPSA) is 60.4 Å². The molecule has 1 fully saturated rings. The highest BCUT2D eigenvalue weighted by Crippen LogP contribution is 2.17. The lowest BCUT2D eigenvalue weighted by atomic mass is 10.3. The lowest BCUT2D eigenvalue weighted by Gasteiger charge is -2.26. The van der Waals surface area contributed by atoms with E-state index in [0.717, 1.165) is 13.1 Å². The third-order valence-corrected chi connectivity index (χ3v) is 2.67. The molecule has 6 nitrogen and oxygen atoms in total. The lowest BCUT2D eigenvalue weighted by Crippen LogP contribution is -2.39. The molecule has 0 saturated carbocycles. The highest BCUT2D eigenvalue weighted by molar-refractivity contribution is 6.28. The van der Waals surface area contributed by atoms with Gasteiger partial charge in [0.1, 0.15) is 6.10 Å². The number of aromatic nitrogens is 3. The first-order chi connectivity index (χ1) is 8.22. The van der Waals surface area contributed by atoms with E-state index in [1.165, 1.54) is 0 Å². The predicted octanol–water partition coefficient (Wildman–Crippen LogP) is 1.15. The van der Waals surface area contributed by atoms with Crippen LogP contribution in [0.2, 0.25) is 5.28 Å². The molecule has 1 aromatic heterocycles. The predicted molar refractivity (Wildman–Crippen MR) is 63.6 cm³/mol. The van der Waals surface area contributed by atoms with Crippen molar-refractivity contribution in [3.8, 4) is 6.01 Å². The van der Waals surface area contributed by atoms with E-state index >= 15 is 0 Å². The third-order valence-electron chi connectivity index (χ3n) is 2.50. The summed E-state index contributed by atoms with van der Waals surface area (Å²) in [6.07, 6.45) is 0.0259. The van der Waals surface area contributed by atoms with Crippen LogP contribution in [0.1, 0.15) is 13.8 Å². The molecule has 0 radical (unpaired) electrons. The SMILES string of the molecule is CCN(CC)c1nc(Cl)nc(OC2COC2)n1. The third kappa shape index (κ3) is 2.95. The zero-order valence-corrected chi connectivity index (χ0v) is 10.6. The first-order valence-electron chi connectivity index (χ1n) is 5.63. The van der Waals surface area contributed by atoms with Crippen molar-refractivity contribution in [2.75, 3.05) is 31.2 Å². The Kier molecular flexibility index (Phi) is 3.96.